The Morgan fingerprint density at radius 2 is 1.32 bits per heavy atom. The Kier molecular flexibility index (Phi) is 15.7. The van der Waals surface area contributed by atoms with E-state index in [4.69, 9.17) is 34.4 Å². The summed E-state index contributed by atoms with van der Waals surface area (Å²) in [5.41, 5.74) is 3.50. The molecule has 0 aromatic carbocycles. The Bertz CT molecular complexity index is 1330. The molecule has 0 fully saturated rings. The number of aliphatic carboxylic acids is 3. The molecule has 3 N–H and O–H groups in total. The van der Waals surface area contributed by atoms with Gasteiger partial charge in [0.1, 0.15) is 0 Å². The summed E-state index contributed by atoms with van der Waals surface area (Å²) in [7, 11) is 0. The third-order valence-corrected chi connectivity index (χ3v) is 5.37. The van der Waals surface area contributed by atoms with Gasteiger partial charge >= 0.3 is 36.4 Å². The first kappa shape index (κ1) is 40.2. The molecule has 3 aromatic heterocycles. The molecule has 0 spiro atoms. The molecule has 0 saturated heterocycles. The Morgan fingerprint density at radius 3 is 1.79 bits per heavy atom. The van der Waals surface area contributed by atoms with Gasteiger partial charge in [0.2, 0.25) is 0 Å². The molecule has 0 radical (unpaired) electrons. The summed E-state index contributed by atoms with van der Waals surface area (Å²) in [6.07, 6.45) is -5.90. The number of ether oxygens (including phenoxy) is 1. The van der Waals surface area contributed by atoms with Gasteiger partial charge in [0.05, 0.1) is 30.9 Å². The maximum atomic E-state index is 10.6. The summed E-state index contributed by atoms with van der Waals surface area (Å²) in [6.45, 7) is 4.98. The molecule has 1 aliphatic heterocycles. The van der Waals surface area contributed by atoms with Crippen molar-refractivity contribution in [2.24, 2.45) is 5.92 Å². The predicted octanol–water partition coefficient (Wildman–Crippen LogP) is 4.42. The number of hydrogen-bond donors (Lipinski definition) is 3. The van der Waals surface area contributed by atoms with Crippen LogP contribution in [0.2, 0.25) is 0 Å². The molecule has 0 amide bonds. The van der Waals surface area contributed by atoms with Crippen LogP contribution < -0.4 is 0 Å². The van der Waals surface area contributed by atoms with Gasteiger partial charge in [-0.05, 0) is 29.8 Å². The number of carbonyl (C=O) groups is 3. The summed E-state index contributed by atoms with van der Waals surface area (Å²) in [6, 6.07) is 10.1. The van der Waals surface area contributed by atoms with E-state index in [1.165, 1.54) is 5.69 Å². The quantitative estimate of drug-likeness (QED) is 0.313. The molecular weight excluding hydrogens is 665 g/mol. The highest BCUT2D eigenvalue weighted by atomic mass is 19.4. The maximum absolute atomic E-state index is 10.6. The van der Waals surface area contributed by atoms with Crippen molar-refractivity contribution in [2.45, 2.75) is 44.8 Å². The number of halogens is 9. The minimum absolute atomic E-state index is 0.413. The SMILES string of the molecule is O=C(O)C(F)(F)F.O=C(O)C(F)(F)F.O=C(O)C(F)(F)F.c1ccc(CN2Cc3cncn3CC(COCc3ccncc3)C2)nc1. The minimum Gasteiger partial charge on any atom is -0.475 e. The average molecular weight is 692 g/mol. The van der Waals surface area contributed by atoms with Crippen LogP contribution in [-0.4, -0.2) is 89.3 Å². The van der Waals surface area contributed by atoms with Crippen molar-refractivity contribution in [3.05, 3.63) is 78.4 Å². The van der Waals surface area contributed by atoms with Gasteiger partial charge in [-0.15, -0.1) is 0 Å². The number of pyridine rings is 2. The molecule has 1 unspecified atom stereocenters. The van der Waals surface area contributed by atoms with E-state index < -0.39 is 36.4 Å². The van der Waals surface area contributed by atoms with E-state index in [9.17, 15) is 39.5 Å². The fraction of sp³-hybridized carbons (Fsp3) is 0.385. The zero-order valence-corrected chi connectivity index (χ0v) is 23.7. The summed E-state index contributed by atoms with van der Waals surface area (Å²) in [5.74, 6) is -7.86. The van der Waals surface area contributed by atoms with E-state index in [-0.39, 0.29) is 0 Å². The van der Waals surface area contributed by atoms with Crippen LogP contribution in [0.1, 0.15) is 17.0 Å². The van der Waals surface area contributed by atoms with Crippen LogP contribution in [0.25, 0.3) is 0 Å². The van der Waals surface area contributed by atoms with Crippen LogP contribution in [-0.2, 0) is 45.4 Å². The lowest BCUT2D eigenvalue weighted by Crippen LogP contribution is -2.30. The summed E-state index contributed by atoms with van der Waals surface area (Å²) in [5, 5.41) is 21.4. The predicted molar refractivity (Wildman–Crippen MR) is 139 cm³/mol. The van der Waals surface area contributed by atoms with E-state index in [0.717, 1.165) is 44.0 Å². The largest absolute Gasteiger partial charge is 0.490 e. The fourth-order valence-electron chi connectivity index (χ4n) is 3.41. The lowest BCUT2D eigenvalue weighted by Gasteiger charge is -2.23. The molecule has 4 rings (SSSR count). The van der Waals surface area contributed by atoms with Gasteiger partial charge in [0.15, 0.2) is 0 Å². The standard InChI is InChI=1S/C20H23N5O.3C2HF3O2/c1-2-6-23-19(3-1)12-24-10-18(11-25-16-22-9-20(25)13-24)15-26-14-17-4-7-21-8-5-17;3*3-2(4,5)1(6)7/h1-9,16,18H,10-15H2;3*(H,6,7). The van der Waals surface area contributed by atoms with E-state index in [0.29, 0.717) is 12.5 Å². The van der Waals surface area contributed by atoms with Gasteiger partial charge in [-0.2, -0.15) is 39.5 Å². The number of rotatable bonds is 6. The molecule has 21 heteroatoms. The summed E-state index contributed by atoms with van der Waals surface area (Å²) < 4.78 is 103. The second-order valence-electron chi connectivity index (χ2n) is 9.17. The van der Waals surface area contributed by atoms with Gasteiger partial charge in [0.25, 0.3) is 0 Å². The molecule has 12 nitrogen and oxygen atoms in total. The maximum Gasteiger partial charge on any atom is 0.490 e. The molecule has 1 aliphatic rings. The first-order valence-electron chi connectivity index (χ1n) is 12.7. The fourth-order valence-corrected chi connectivity index (χ4v) is 3.41. The molecule has 47 heavy (non-hydrogen) atoms. The summed E-state index contributed by atoms with van der Waals surface area (Å²) >= 11 is 0. The van der Waals surface area contributed by atoms with Crippen LogP contribution in [0.4, 0.5) is 39.5 Å². The van der Waals surface area contributed by atoms with E-state index in [2.05, 4.69) is 30.5 Å². The van der Waals surface area contributed by atoms with Crippen molar-refractivity contribution in [1.29, 1.82) is 0 Å². The van der Waals surface area contributed by atoms with Crippen molar-refractivity contribution < 1.29 is 74.0 Å². The van der Waals surface area contributed by atoms with Crippen LogP contribution in [0, 0.1) is 5.92 Å². The molecule has 260 valence electrons. The molecule has 4 heterocycles. The smallest absolute Gasteiger partial charge is 0.475 e. The van der Waals surface area contributed by atoms with Crippen molar-refractivity contribution in [1.82, 2.24) is 24.4 Å². The van der Waals surface area contributed by atoms with Crippen molar-refractivity contribution in [2.75, 3.05) is 13.2 Å². The van der Waals surface area contributed by atoms with Crippen LogP contribution in [0.5, 0.6) is 0 Å². The highest BCUT2D eigenvalue weighted by molar-refractivity contribution is 5.73. The van der Waals surface area contributed by atoms with E-state index in [1.807, 2.05) is 43.0 Å². The number of alkyl halides is 9. The Balaban J connectivity index is 0.000000430. The van der Waals surface area contributed by atoms with Crippen molar-refractivity contribution in [3.63, 3.8) is 0 Å². The first-order chi connectivity index (χ1) is 21.7. The zero-order chi connectivity index (χ0) is 35.8. The molecule has 0 aliphatic carbocycles. The number of carboxylic acids is 3. The van der Waals surface area contributed by atoms with Gasteiger partial charge < -0.3 is 24.6 Å². The number of carboxylic acid groups (broad SMARTS) is 3. The van der Waals surface area contributed by atoms with Gasteiger partial charge in [0, 0.05) is 56.9 Å². The van der Waals surface area contributed by atoms with Gasteiger partial charge in [-0.3, -0.25) is 14.9 Å². The Morgan fingerprint density at radius 1 is 0.787 bits per heavy atom. The third kappa shape index (κ3) is 16.9. The normalized spacial score (nSPS) is 14.8. The number of fused-ring (bicyclic) bond motifs is 1. The second kappa shape index (κ2) is 18.4. The topological polar surface area (TPSA) is 168 Å². The molecule has 0 bridgehead atoms. The van der Waals surface area contributed by atoms with E-state index >= 15 is 0 Å². The van der Waals surface area contributed by atoms with Crippen LogP contribution in [0.15, 0.2) is 61.4 Å². The summed E-state index contributed by atoms with van der Waals surface area (Å²) in [4.78, 5) is 42.0. The minimum atomic E-state index is -5.08. The number of hydrogen-bond acceptors (Lipinski definition) is 8. The molecular formula is C26H26F9N5O7. The third-order valence-electron chi connectivity index (χ3n) is 5.37. The Labute approximate surface area is 259 Å². The lowest BCUT2D eigenvalue weighted by atomic mass is 10.1. The zero-order valence-electron chi connectivity index (χ0n) is 23.7. The highest BCUT2D eigenvalue weighted by Gasteiger charge is 2.39. The average Bonchev–Trinajstić information content (AvgIpc) is 3.32. The van der Waals surface area contributed by atoms with Gasteiger partial charge in [-0.25, -0.2) is 19.4 Å². The van der Waals surface area contributed by atoms with Gasteiger partial charge in [-0.1, -0.05) is 6.07 Å². The number of nitrogens with zero attached hydrogens (tertiary/aromatic N) is 5. The number of aromatic nitrogens is 4. The lowest BCUT2D eigenvalue weighted by molar-refractivity contribution is -0.193. The van der Waals surface area contributed by atoms with E-state index in [1.54, 1.807) is 12.4 Å². The molecule has 0 saturated carbocycles. The first-order valence-corrected chi connectivity index (χ1v) is 12.7. The second-order valence-corrected chi connectivity index (χ2v) is 9.17. The monoisotopic (exact) mass is 691 g/mol. The highest BCUT2D eigenvalue weighted by Crippen LogP contribution is 2.19. The van der Waals surface area contributed by atoms with Crippen LogP contribution in [0.3, 0.4) is 0 Å². The Hall–Kier alpha value is -4.79. The van der Waals surface area contributed by atoms with Crippen molar-refractivity contribution in [3.8, 4) is 0 Å². The number of imidazole rings is 1. The molecule has 3 aromatic rings. The van der Waals surface area contributed by atoms with Crippen LogP contribution >= 0.6 is 0 Å². The molecule has 1 atom stereocenters. The van der Waals surface area contributed by atoms with Crippen molar-refractivity contribution >= 4 is 17.9 Å².